The van der Waals surface area contributed by atoms with E-state index in [-0.39, 0.29) is 12.5 Å². The lowest BCUT2D eigenvalue weighted by Crippen LogP contribution is -2.12. The highest BCUT2D eigenvalue weighted by Crippen LogP contribution is 2.12. The van der Waals surface area contributed by atoms with Crippen LogP contribution in [0.3, 0.4) is 0 Å². The van der Waals surface area contributed by atoms with E-state index in [4.69, 9.17) is 5.11 Å². The number of pyridine rings is 1. The quantitative estimate of drug-likeness (QED) is 0.713. The van der Waals surface area contributed by atoms with Crippen LogP contribution in [0, 0.1) is 6.92 Å². The van der Waals surface area contributed by atoms with Gasteiger partial charge in [-0.2, -0.15) is 0 Å². The van der Waals surface area contributed by atoms with Gasteiger partial charge in [0.15, 0.2) is 0 Å². The third-order valence-electron chi connectivity index (χ3n) is 2.98. The molecule has 0 fully saturated rings. The Morgan fingerprint density at radius 1 is 1.19 bits per heavy atom. The molecule has 3 N–H and O–H groups in total. The number of hydrogen-bond donors (Lipinski definition) is 3. The van der Waals surface area contributed by atoms with Crippen LogP contribution in [0.2, 0.25) is 0 Å². The lowest BCUT2D eigenvalue weighted by Gasteiger charge is -2.07. The molecule has 2 rings (SSSR count). The molecule has 0 aliphatic carbocycles. The number of anilines is 2. The maximum atomic E-state index is 12.0. The van der Waals surface area contributed by atoms with Crippen molar-refractivity contribution in [1.29, 1.82) is 0 Å². The summed E-state index contributed by atoms with van der Waals surface area (Å²) in [5.74, 6) is 0.564. The van der Waals surface area contributed by atoms with Gasteiger partial charge in [0, 0.05) is 18.7 Å². The first-order valence-electron chi connectivity index (χ1n) is 6.88. The van der Waals surface area contributed by atoms with E-state index in [1.54, 1.807) is 30.5 Å². The van der Waals surface area contributed by atoms with Gasteiger partial charge in [-0.1, -0.05) is 17.7 Å². The number of nitrogens with one attached hydrogen (secondary N) is 2. The van der Waals surface area contributed by atoms with Gasteiger partial charge < -0.3 is 15.7 Å². The number of aryl methyl sites for hydroxylation is 1. The summed E-state index contributed by atoms with van der Waals surface area (Å²) in [4.78, 5) is 16.2. The lowest BCUT2D eigenvalue weighted by molar-refractivity contribution is 0.102. The SMILES string of the molecule is Cc1ccc(C(=O)Nc2ccc(NCCCO)nc2)cc1. The van der Waals surface area contributed by atoms with Gasteiger partial charge in [0.05, 0.1) is 11.9 Å². The van der Waals surface area contributed by atoms with Gasteiger partial charge in [0.2, 0.25) is 0 Å². The molecule has 21 heavy (non-hydrogen) atoms. The van der Waals surface area contributed by atoms with Gasteiger partial charge in [0.1, 0.15) is 5.82 Å². The minimum Gasteiger partial charge on any atom is -0.396 e. The first kappa shape index (κ1) is 15.0. The molecule has 0 aliphatic heterocycles. The minimum atomic E-state index is -0.155. The molecule has 0 aliphatic rings. The van der Waals surface area contributed by atoms with E-state index >= 15 is 0 Å². The average Bonchev–Trinajstić information content (AvgIpc) is 2.50. The molecule has 0 saturated carbocycles. The van der Waals surface area contributed by atoms with E-state index in [9.17, 15) is 4.79 Å². The second-order valence-electron chi connectivity index (χ2n) is 4.76. The summed E-state index contributed by atoms with van der Waals surface area (Å²) in [6.07, 6.45) is 2.28. The lowest BCUT2D eigenvalue weighted by atomic mass is 10.1. The highest BCUT2D eigenvalue weighted by atomic mass is 16.3. The van der Waals surface area contributed by atoms with Crippen molar-refractivity contribution in [3.05, 3.63) is 53.7 Å². The summed E-state index contributed by atoms with van der Waals surface area (Å²) in [7, 11) is 0. The number of aliphatic hydroxyl groups excluding tert-OH is 1. The van der Waals surface area contributed by atoms with E-state index in [1.165, 1.54) is 0 Å². The van der Waals surface area contributed by atoms with Crippen LogP contribution in [0.4, 0.5) is 11.5 Å². The van der Waals surface area contributed by atoms with Crippen LogP contribution < -0.4 is 10.6 Å². The first-order valence-corrected chi connectivity index (χ1v) is 6.88. The Morgan fingerprint density at radius 3 is 2.57 bits per heavy atom. The molecule has 0 saturated heterocycles. The normalized spacial score (nSPS) is 10.2. The summed E-state index contributed by atoms with van der Waals surface area (Å²) in [6, 6.07) is 11.0. The largest absolute Gasteiger partial charge is 0.396 e. The fraction of sp³-hybridized carbons (Fsp3) is 0.250. The number of aliphatic hydroxyl groups is 1. The highest BCUT2D eigenvalue weighted by molar-refractivity contribution is 6.04. The molecule has 0 spiro atoms. The molecular formula is C16H19N3O2. The predicted molar refractivity (Wildman–Crippen MR) is 83.6 cm³/mol. The number of aromatic nitrogens is 1. The Labute approximate surface area is 124 Å². The molecule has 0 atom stereocenters. The molecule has 0 radical (unpaired) electrons. The molecule has 0 unspecified atom stereocenters. The van der Waals surface area contributed by atoms with Crippen molar-refractivity contribution in [1.82, 2.24) is 4.98 Å². The summed E-state index contributed by atoms with van der Waals surface area (Å²) < 4.78 is 0. The highest BCUT2D eigenvalue weighted by Gasteiger charge is 2.05. The molecule has 1 amide bonds. The van der Waals surface area contributed by atoms with Crippen LogP contribution in [0.15, 0.2) is 42.6 Å². The zero-order chi connectivity index (χ0) is 15.1. The monoisotopic (exact) mass is 285 g/mol. The summed E-state index contributed by atoms with van der Waals surface area (Å²) in [5.41, 5.74) is 2.38. The van der Waals surface area contributed by atoms with Gasteiger partial charge >= 0.3 is 0 Å². The zero-order valence-corrected chi connectivity index (χ0v) is 12.0. The van der Waals surface area contributed by atoms with Crippen LogP contribution >= 0.6 is 0 Å². The van der Waals surface area contributed by atoms with Crippen molar-refractivity contribution < 1.29 is 9.90 Å². The van der Waals surface area contributed by atoms with E-state index in [2.05, 4.69) is 15.6 Å². The maximum Gasteiger partial charge on any atom is 0.255 e. The molecule has 5 nitrogen and oxygen atoms in total. The number of nitrogens with zero attached hydrogens (tertiary/aromatic N) is 1. The minimum absolute atomic E-state index is 0.150. The predicted octanol–water partition coefficient (Wildman–Crippen LogP) is 2.44. The van der Waals surface area contributed by atoms with Crippen molar-refractivity contribution in [3.8, 4) is 0 Å². The summed E-state index contributed by atoms with van der Waals surface area (Å²) in [5, 5.41) is 14.6. The number of benzene rings is 1. The Balaban J connectivity index is 1.93. The second-order valence-corrected chi connectivity index (χ2v) is 4.76. The van der Waals surface area contributed by atoms with Crippen molar-refractivity contribution in [3.63, 3.8) is 0 Å². The molecule has 5 heteroatoms. The maximum absolute atomic E-state index is 12.0. The summed E-state index contributed by atoms with van der Waals surface area (Å²) in [6.45, 7) is 2.80. The van der Waals surface area contributed by atoms with Crippen LogP contribution in [0.5, 0.6) is 0 Å². The number of hydrogen-bond acceptors (Lipinski definition) is 4. The molecule has 2 aromatic rings. The van der Waals surface area contributed by atoms with Crippen LogP contribution in [-0.2, 0) is 0 Å². The number of carbonyl (C=O) groups excluding carboxylic acids is 1. The van der Waals surface area contributed by atoms with Gasteiger partial charge in [-0.3, -0.25) is 4.79 Å². The molecule has 1 aromatic carbocycles. The van der Waals surface area contributed by atoms with E-state index in [1.807, 2.05) is 19.1 Å². The van der Waals surface area contributed by atoms with Crippen molar-refractivity contribution in [2.45, 2.75) is 13.3 Å². The fourth-order valence-corrected chi connectivity index (χ4v) is 1.78. The van der Waals surface area contributed by atoms with Crippen LogP contribution in [0.25, 0.3) is 0 Å². The van der Waals surface area contributed by atoms with Gasteiger partial charge in [0.25, 0.3) is 5.91 Å². The molecular weight excluding hydrogens is 266 g/mol. The zero-order valence-electron chi connectivity index (χ0n) is 12.0. The van der Waals surface area contributed by atoms with Gasteiger partial charge in [-0.25, -0.2) is 4.98 Å². The number of rotatable bonds is 6. The standard InChI is InChI=1S/C16H19N3O2/c1-12-3-5-13(6-4-12)16(21)19-14-7-8-15(18-11-14)17-9-2-10-20/h3-8,11,20H,2,9-10H2,1H3,(H,17,18)(H,19,21). The Hall–Kier alpha value is -2.40. The van der Waals surface area contributed by atoms with Crippen molar-refractivity contribution in [2.24, 2.45) is 0 Å². The van der Waals surface area contributed by atoms with E-state index in [0.717, 1.165) is 11.4 Å². The van der Waals surface area contributed by atoms with Crippen LogP contribution in [-0.4, -0.2) is 29.1 Å². The van der Waals surface area contributed by atoms with E-state index in [0.29, 0.717) is 24.2 Å². The van der Waals surface area contributed by atoms with Gasteiger partial charge in [-0.15, -0.1) is 0 Å². The first-order chi connectivity index (χ1) is 10.2. The fourth-order valence-electron chi connectivity index (χ4n) is 1.78. The van der Waals surface area contributed by atoms with Crippen LogP contribution in [0.1, 0.15) is 22.3 Å². The molecule has 1 aromatic heterocycles. The number of amides is 1. The Morgan fingerprint density at radius 2 is 1.95 bits per heavy atom. The number of carbonyl (C=O) groups is 1. The second kappa shape index (κ2) is 7.40. The third-order valence-corrected chi connectivity index (χ3v) is 2.98. The average molecular weight is 285 g/mol. The Kier molecular flexibility index (Phi) is 5.29. The summed E-state index contributed by atoms with van der Waals surface area (Å²) >= 11 is 0. The topological polar surface area (TPSA) is 74.2 Å². The molecule has 0 bridgehead atoms. The van der Waals surface area contributed by atoms with Crippen molar-refractivity contribution in [2.75, 3.05) is 23.8 Å². The smallest absolute Gasteiger partial charge is 0.255 e. The Bertz CT molecular complexity index is 579. The van der Waals surface area contributed by atoms with Crippen molar-refractivity contribution >= 4 is 17.4 Å². The molecule has 110 valence electrons. The molecule has 1 heterocycles. The van der Waals surface area contributed by atoms with E-state index < -0.39 is 0 Å². The third kappa shape index (κ3) is 4.57. The van der Waals surface area contributed by atoms with Gasteiger partial charge in [-0.05, 0) is 37.6 Å².